The Balaban J connectivity index is 1.63. The first-order chi connectivity index (χ1) is 14.6. The maximum absolute atomic E-state index is 13.0. The monoisotopic (exact) mass is 421 g/mol. The van der Waals surface area contributed by atoms with Crippen molar-refractivity contribution in [3.63, 3.8) is 0 Å². The molecule has 0 unspecified atom stereocenters. The highest BCUT2D eigenvalue weighted by Gasteiger charge is 2.15. The van der Waals surface area contributed by atoms with Crippen LogP contribution in [0.1, 0.15) is 17.0 Å². The minimum absolute atomic E-state index is 0.0580. The molecule has 0 N–H and O–H groups in total. The number of aromatic nitrogens is 3. The number of benzene rings is 2. The second-order valence-electron chi connectivity index (χ2n) is 7.04. The van der Waals surface area contributed by atoms with Crippen molar-refractivity contribution in [2.24, 2.45) is 0 Å². The molecule has 0 aliphatic heterocycles. The van der Waals surface area contributed by atoms with Crippen LogP contribution in [0.3, 0.4) is 0 Å². The molecule has 0 radical (unpaired) electrons. The van der Waals surface area contributed by atoms with Gasteiger partial charge in [-0.2, -0.15) is 0 Å². The molecule has 0 spiro atoms. The van der Waals surface area contributed by atoms with Crippen LogP contribution in [0.4, 0.5) is 0 Å². The maximum atomic E-state index is 13.0. The Bertz CT molecular complexity index is 1230. The molecule has 6 nitrogen and oxygen atoms in total. The normalized spacial score (nSPS) is 11.3. The van der Waals surface area contributed by atoms with E-state index in [0.29, 0.717) is 40.9 Å². The summed E-state index contributed by atoms with van der Waals surface area (Å²) < 4.78 is 12.7. The molecule has 154 valence electrons. The number of aryl methyl sites for hydroxylation is 2. The summed E-state index contributed by atoms with van der Waals surface area (Å²) in [7, 11) is 1.62. The highest BCUT2D eigenvalue weighted by Crippen LogP contribution is 2.27. The van der Waals surface area contributed by atoms with Crippen molar-refractivity contribution in [2.75, 3.05) is 13.7 Å². The third-order valence-corrected chi connectivity index (χ3v) is 5.86. The van der Waals surface area contributed by atoms with Gasteiger partial charge in [-0.15, -0.1) is 0 Å². The van der Waals surface area contributed by atoms with Crippen LogP contribution in [0.15, 0.2) is 62.9 Å². The Morgan fingerprint density at radius 3 is 2.60 bits per heavy atom. The molecule has 0 bridgehead atoms. The Hall–Kier alpha value is -2.90. The quantitative estimate of drug-likeness (QED) is 0.321. The fourth-order valence-electron chi connectivity index (χ4n) is 3.15. The molecular formula is C23H23N3O3S. The average molecular weight is 422 g/mol. The molecule has 7 heteroatoms. The average Bonchev–Trinajstić information content (AvgIpc) is 3.13. The summed E-state index contributed by atoms with van der Waals surface area (Å²) in [5.41, 5.74) is 3.61. The lowest BCUT2D eigenvalue weighted by molar-refractivity contribution is 0.183. The Morgan fingerprint density at radius 1 is 1.07 bits per heavy atom. The molecule has 0 aliphatic rings. The second-order valence-corrected chi connectivity index (χ2v) is 7.98. The first-order valence-electron chi connectivity index (χ1n) is 9.71. The van der Waals surface area contributed by atoms with Crippen LogP contribution >= 0.6 is 11.8 Å². The summed E-state index contributed by atoms with van der Waals surface area (Å²) in [4.78, 5) is 22.4. The molecule has 2 aromatic heterocycles. The van der Waals surface area contributed by atoms with E-state index < -0.39 is 0 Å². The highest BCUT2D eigenvalue weighted by atomic mass is 32.2. The van der Waals surface area contributed by atoms with Gasteiger partial charge in [-0.3, -0.25) is 9.36 Å². The van der Waals surface area contributed by atoms with Crippen LogP contribution in [0, 0.1) is 13.8 Å². The lowest BCUT2D eigenvalue weighted by Crippen LogP contribution is -2.25. The van der Waals surface area contributed by atoms with Crippen molar-refractivity contribution in [1.82, 2.24) is 14.5 Å². The number of oxazole rings is 1. The van der Waals surface area contributed by atoms with Crippen molar-refractivity contribution in [2.45, 2.75) is 31.3 Å². The number of thioether (sulfide) groups is 1. The van der Waals surface area contributed by atoms with Gasteiger partial charge in [-0.05, 0) is 38.1 Å². The molecule has 30 heavy (non-hydrogen) atoms. The lowest BCUT2D eigenvalue weighted by Gasteiger charge is -2.12. The molecule has 0 atom stereocenters. The number of methoxy groups -OCH3 is 1. The number of hydrogen-bond donors (Lipinski definition) is 0. The molecule has 0 aliphatic carbocycles. The number of nitrogens with zero attached hydrogens (tertiary/aromatic N) is 3. The van der Waals surface area contributed by atoms with Crippen molar-refractivity contribution < 1.29 is 9.15 Å². The van der Waals surface area contributed by atoms with E-state index in [9.17, 15) is 4.79 Å². The van der Waals surface area contributed by atoms with E-state index in [2.05, 4.69) is 4.98 Å². The standard InChI is InChI=1S/C23H23N3O3S/c1-15-8-10-17(11-9-15)21-24-20(16(2)29-21)14-30-23-25-19-7-5-4-6-18(19)22(27)26(23)12-13-28-3/h4-11H,12-14H2,1-3H3. The Labute approximate surface area is 178 Å². The Morgan fingerprint density at radius 2 is 1.83 bits per heavy atom. The molecule has 0 fully saturated rings. The van der Waals surface area contributed by atoms with Gasteiger partial charge in [0.25, 0.3) is 5.56 Å². The number of rotatable bonds is 7. The van der Waals surface area contributed by atoms with Crippen molar-refractivity contribution in [1.29, 1.82) is 0 Å². The third kappa shape index (κ3) is 4.17. The fraction of sp³-hybridized carbons (Fsp3) is 0.261. The van der Waals surface area contributed by atoms with Crippen LogP contribution < -0.4 is 5.56 Å². The molecule has 2 aromatic carbocycles. The van der Waals surface area contributed by atoms with E-state index in [4.69, 9.17) is 14.1 Å². The van der Waals surface area contributed by atoms with E-state index in [-0.39, 0.29) is 5.56 Å². The number of fused-ring (bicyclic) bond motifs is 1. The van der Waals surface area contributed by atoms with Crippen LogP contribution in [0.2, 0.25) is 0 Å². The van der Waals surface area contributed by atoms with Gasteiger partial charge in [0.05, 0.1) is 29.7 Å². The first kappa shape index (κ1) is 20.4. The zero-order valence-electron chi connectivity index (χ0n) is 17.2. The van der Waals surface area contributed by atoms with Crippen LogP contribution in [-0.4, -0.2) is 28.3 Å². The predicted molar refractivity (Wildman–Crippen MR) is 119 cm³/mol. The van der Waals surface area contributed by atoms with Crippen LogP contribution in [-0.2, 0) is 17.0 Å². The van der Waals surface area contributed by atoms with Gasteiger partial charge >= 0.3 is 0 Å². The van der Waals surface area contributed by atoms with Gasteiger partial charge in [0.15, 0.2) is 5.16 Å². The van der Waals surface area contributed by atoms with Crippen LogP contribution in [0.25, 0.3) is 22.4 Å². The smallest absolute Gasteiger partial charge is 0.262 e. The molecule has 0 saturated carbocycles. The number of ether oxygens (including phenoxy) is 1. The zero-order chi connectivity index (χ0) is 21.1. The third-order valence-electron chi connectivity index (χ3n) is 4.87. The molecule has 4 aromatic rings. The highest BCUT2D eigenvalue weighted by molar-refractivity contribution is 7.98. The van der Waals surface area contributed by atoms with Crippen molar-refractivity contribution in [3.05, 3.63) is 75.9 Å². The van der Waals surface area contributed by atoms with E-state index in [1.54, 1.807) is 17.7 Å². The summed E-state index contributed by atoms with van der Waals surface area (Å²) in [6, 6.07) is 15.5. The Kier molecular flexibility index (Phi) is 6.01. The van der Waals surface area contributed by atoms with Crippen molar-refractivity contribution in [3.8, 4) is 11.5 Å². The number of hydrogen-bond acceptors (Lipinski definition) is 6. The molecular weight excluding hydrogens is 398 g/mol. The van der Waals surface area contributed by atoms with E-state index in [0.717, 1.165) is 17.0 Å². The summed E-state index contributed by atoms with van der Waals surface area (Å²) in [5.74, 6) is 1.93. The lowest BCUT2D eigenvalue weighted by atomic mass is 10.1. The fourth-order valence-corrected chi connectivity index (χ4v) is 4.18. The summed E-state index contributed by atoms with van der Waals surface area (Å²) in [6.45, 7) is 4.84. The summed E-state index contributed by atoms with van der Waals surface area (Å²) in [5, 5.41) is 1.26. The summed E-state index contributed by atoms with van der Waals surface area (Å²) in [6.07, 6.45) is 0. The molecule has 0 saturated heterocycles. The van der Waals surface area contributed by atoms with Gasteiger partial charge in [-0.1, -0.05) is 41.6 Å². The maximum Gasteiger partial charge on any atom is 0.262 e. The minimum atomic E-state index is -0.0580. The van der Waals surface area contributed by atoms with Gasteiger partial charge in [0, 0.05) is 18.4 Å². The molecule has 2 heterocycles. The van der Waals surface area contributed by atoms with Gasteiger partial charge in [-0.25, -0.2) is 9.97 Å². The topological polar surface area (TPSA) is 70.2 Å². The van der Waals surface area contributed by atoms with Gasteiger partial charge < -0.3 is 9.15 Å². The van der Waals surface area contributed by atoms with Gasteiger partial charge in [0.2, 0.25) is 5.89 Å². The second kappa shape index (κ2) is 8.85. The zero-order valence-corrected chi connectivity index (χ0v) is 18.0. The van der Waals surface area contributed by atoms with Crippen LogP contribution in [0.5, 0.6) is 0 Å². The van der Waals surface area contributed by atoms with E-state index in [1.807, 2.05) is 56.3 Å². The summed E-state index contributed by atoms with van der Waals surface area (Å²) >= 11 is 1.48. The van der Waals surface area contributed by atoms with E-state index >= 15 is 0 Å². The minimum Gasteiger partial charge on any atom is -0.441 e. The number of para-hydroxylation sites is 1. The molecule has 0 amide bonds. The van der Waals surface area contributed by atoms with Gasteiger partial charge in [0.1, 0.15) is 5.76 Å². The SMILES string of the molecule is COCCn1c(SCc2nc(-c3ccc(C)cc3)oc2C)nc2ccccc2c1=O. The largest absolute Gasteiger partial charge is 0.441 e. The molecule has 4 rings (SSSR count). The van der Waals surface area contributed by atoms with Crippen molar-refractivity contribution >= 4 is 22.7 Å². The first-order valence-corrected chi connectivity index (χ1v) is 10.7. The van der Waals surface area contributed by atoms with E-state index in [1.165, 1.54) is 17.3 Å². The predicted octanol–water partition coefficient (Wildman–Crippen LogP) is 4.61.